The molecule has 1 atom stereocenters. The number of hydrogen-bond acceptors (Lipinski definition) is 5. The number of likely N-dealkylation sites (tertiary alicyclic amines) is 1. The smallest absolute Gasteiger partial charge is 0.410 e. The van der Waals surface area contributed by atoms with Crippen molar-refractivity contribution in [2.75, 3.05) is 20.1 Å². The Morgan fingerprint density at radius 3 is 2.71 bits per heavy atom. The molecule has 0 N–H and O–H groups in total. The molecule has 1 unspecified atom stereocenters. The number of sulfonamides is 1. The predicted molar refractivity (Wildman–Crippen MR) is 94.7 cm³/mol. The molecule has 0 radical (unpaired) electrons. The molecule has 0 aliphatic carbocycles. The second-order valence-electron chi connectivity index (χ2n) is 7.04. The van der Waals surface area contributed by atoms with Crippen molar-refractivity contribution in [3.05, 3.63) is 17.5 Å². The quantitative estimate of drug-likeness (QED) is 0.812. The van der Waals surface area contributed by atoms with Crippen molar-refractivity contribution in [3.63, 3.8) is 0 Å². The summed E-state index contributed by atoms with van der Waals surface area (Å²) in [6.45, 7) is 6.37. The average Bonchev–Trinajstić information content (AvgIpc) is 3.00. The summed E-state index contributed by atoms with van der Waals surface area (Å²) in [5, 5.41) is 1.74. The minimum absolute atomic E-state index is 0.159. The monoisotopic (exact) mass is 374 g/mol. The highest BCUT2D eigenvalue weighted by Crippen LogP contribution is 2.24. The third-order valence-corrected chi connectivity index (χ3v) is 7.08. The Bertz CT molecular complexity index is 650. The number of nitrogens with zero attached hydrogens (tertiary/aromatic N) is 2. The zero-order valence-corrected chi connectivity index (χ0v) is 16.3. The molecular weight excluding hydrogens is 348 g/mol. The highest BCUT2D eigenvalue weighted by Gasteiger charge is 2.33. The Kier molecular flexibility index (Phi) is 5.93. The van der Waals surface area contributed by atoms with Crippen LogP contribution in [0.2, 0.25) is 0 Å². The van der Waals surface area contributed by atoms with Crippen LogP contribution in [-0.4, -0.2) is 55.5 Å². The first-order valence-electron chi connectivity index (χ1n) is 8.11. The normalized spacial score (nSPS) is 19.5. The number of carbonyl (C=O) groups excluding carboxylic acids is 1. The second-order valence-corrected chi connectivity index (χ2v) is 10.3. The van der Waals surface area contributed by atoms with Crippen molar-refractivity contribution >= 4 is 27.5 Å². The van der Waals surface area contributed by atoms with Gasteiger partial charge in [-0.25, -0.2) is 13.2 Å². The van der Waals surface area contributed by atoms with Crippen LogP contribution in [0.5, 0.6) is 0 Å². The molecule has 136 valence electrons. The lowest BCUT2D eigenvalue weighted by Gasteiger charge is -2.38. The van der Waals surface area contributed by atoms with E-state index in [1.807, 2.05) is 20.8 Å². The van der Waals surface area contributed by atoms with Crippen LogP contribution in [0.15, 0.2) is 21.7 Å². The molecule has 0 saturated carbocycles. The minimum atomic E-state index is -3.51. The Labute approximate surface area is 148 Å². The Morgan fingerprint density at radius 2 is 2.12 bits per heavy atom. The van der Waals surface area contributed by atoms with E-state index in [-0.39, 0.29) is 18.7 Å². The fourth-order valence-corrected chi connectivity index (χ4v) is 5.12. The van der Waals surface area contributed by atoms with Gasteiger partial charge in [-0.05, 0) is 51.5 Å². The summed E-state index contributed by atoms with van der Waals surface area (Å²) in [5.74, 6) is 0. The molecule has 2 heterocycles. The Balaban J connectivity index is 2.09. The maximum Gasteiger partial charge on any atom is 0.410 e. The van der Waals surface area contributed by atoms with Crippen LogP contribution in [0.3, 0.4) is 0 Å². The lowest BCUT2D eigenvalue weighted by molar-refractivity contribution is 0.00829. The number of hydrogen-bond donors (Lipinski definition) is 0. The molecule has 24 heavy (non-hydrogen) atoms. The predicted octanol–water partition coefficient (Wildman–Crippen LogP) is 3.16. The van der Waals surface area contributed by atoms with Gasteiger partial charge in [-0.3, -0.25) is 0 Å². The molecule has 0 bridgehead atoms. The van der Waals surface area contributed by atoms with E-state index < -0.39 is 15.6 Å². The van der Waals surface area contributed by atoms with Gasteiger partial charge in [0, 0.05) is 26.2 Å². The molecule has 1 saturated heterocycles. The highest BCUT2D eigenvalue weighted by atomic mass is 32.2. The van der Waals surface area contributed by atoms with E-state index in [1.54, 1.807) is 29.5 Å². The van der Waals surface area contributed by atoms with Crippen LogP contribution in [0.1, 0.15) is 40.0 Å². The van der Waals surface area contributed by atoms with E-state index in [4.69, 9.17) is 4.74 Å². The van der Waals surface area contributed by atoms with Crippen molar-refractivity contribution in [2.24, 2.45) is 0 Å². The lowest BCUT2D eigenvalue weighted by atomic mass is 10.0. The number of carbonyl (C=O) groups is 1. The molecule has 0 aromatic carbocycles. The third kappa shape index (κ3) is 4.70. The third-order valence-electron chi connectivity index (χ3n) is 3.88. The number of ether oxygens (including phenoxy) is 1. The maximum absolute atomic E-state index is 12.6. The second kappa shape index (κ2) is 7.41. The van der Waals surface area contributed by atoms with Crippen LogP contribution in [0.25, 0.3) is 0 Å². The van der Waals surface area contributed by atoms with Gasteiger partial charge in [0.15, 0.2) is 0 Å². The lowest BCUT2D eigenvalue weighted by Crippen LogP contribution is -2.51. The highest BCUT2D eigenvalue weighted by molar-refractivity contribution is 7.91. The van der Waals surface area contributed by atoms with Crippen molar-refractivity contribution in [1.29, 1.82) is 0 Å². The summed E-state index contributed by atoms with van der Waals surface area (Å²) in [6.07, 6.45) is 2.31. The zero-order chi connectivity index (χ0) is 18.0. The first kappa shape index (κ1) is 19.2. The number of piperidine rings is 1. The van der Waals surface area contributed by atoms with E-state index in [0.29, 0.717) is 10.8 Å². The molecule has 1 aromatic rings. The fourth-order valence-electron chi connectivity index (χ4n) is 2.71. The van der Waals surface area contributed by atoms with E-state index in [9.17, 15) is 13.2 Å². The molecule has 8 heteroatoms. The summed E-state index contributed by atoms with van der Waals surface area (Å²) in [7, 11) is -1.94. The molecular formula is C16H26N2O4S2. The summed E-state index contributed by atoms with van der Waals surface area (Å²) >= 11 is 1.20. The van der Waals surface area contributed by atoms with Gasteiger partial charge in [0.25, 0.3) is 10.0 Å². The maximum atomic E-state index is 12.6. The van der Waals surface area contributed by atoms with Crippen molar-refractivity contribution in [1.82, 2.24) is 9.21 Å². The van der Waals surface area contributed by atoms with Crippen LogP contribution < -0.4 is 0 Å². The van der Waals surface area contributed by atoms with E-state index in [2.05, 4.69) is 0 Å². The topological polar surface area (TPSA) is 66.9 Å². The van der Waals surface area contributed by atoms with Crippen LogP contribution in [-0.2, 0) is 14.8 Å². The van der Waals surface area contributed by atoms with Crippen molar-refractivity contribution in [3.8, 4) is 0 Å². The average molecular weight is 375 g/mol. The molecule has 1 fully saturated rings. The van der Waals surface area contributed by atoms with Gasteiger partial charge in [0.05, 0.1) is 0 Å². The number of rotatable bonds is 4. The number of likely N-dealkylation sites (N-methyl/N-ethyl adjacent to an activating group) is 1. The number of amides is 1. The molecule has 2 rings (SSSR count). The van der Waals surface area contributed by atoms with Gasteiger partial charge < -0.3 is 9.64 Å². The molecule has 6 nitrogen and oxygen atoms in total. The van der Waals surface area contributed by atoms with E-state index in [1.165, 1.54) is 15.6 Å². The largest absolute Gasteiger partial charge is 0.444 e. The zero-order valence-electron chi connectivity index (χ0n) is 14.7. The first-order valence-corrected chi connectivity index (χ1v) is 10.4. The van der Waals surface area contributed by atoms with Gasteiger partial charge in [-0.2, -0.15) is 4.31 Å². The molecule has 1 aromatic heterocycles. The van der Waals surface area contributed by atoms with Crippen LogP contribution in [0.4, 0.5) is 4.79 Å². The minimum Gasteiger partial charge on any atom is -0.444 e. The number of thiophene rings is 1. The SMILES string of the molecule is CN(CC1CCCCN1C(=O)OC(C)(C)C)S(=O)(=O)c1cccs1. The summed E-state index contributed by atoms with van der Waals surface area (Å²) < 4.78 is 32.3. The van der Waals surface area contributed by atoms with Gasteiger partial charge >= 0.3 is 6.09 Å². The molecule has 1 aliphatic rings. The molecule has 1 aliphatic heterocycles. The Morgan fingerprint density at radius 1 is 1.42 bits per heavy atom. The van der Waals surface area contributed by atoms with E-state index >= 15 is 0 Å². The first-order chi connectivity index (χ1) is 11.1. The summed E-state index contributed by atoms with van der Waals surface area (Å²) in [5.41, 5.74) is -0.561. The summed E-state index contributed by atoms with van der Waals surface area (Å²) in [6, 6.07) is 3.16. The molecule has 0 spiro atoms. The van der Waals surface area contributed by atoms with Crippen molar-refractivity contribution in [2.45, 2.75) is 55.9 Å². The van der Waals surface area contributed by atoms with Crippen LogP contribution >= 0.6 is 11.3 Å². The van der Waals surface area contributed by atoms with Gasteiger partial charge in [0.2, 0.25) is 0 Å². The van der Waals surface area contributed by atoms with Crippen LogP contribution in [0, 0.1) is 0 Å². The van der Waals surface area contributed by atoms with E-state index in [0.717, 1.165) is 19.3 Å². The van der Waals surface area contributed by atoms with Gasteiger partial charge in [-0.1, -0.05) is 6.07 Å². The van der Waals surface area contributed by atoms with Gasteiger partial charge in [0.1, 0.15) is 9.81 Å². The Hall–Kier alpha value is -1.12. The fraction of sp³-hybridized carbons (Fsp3) is 0.688. The summed E-state index contributed by atoms with van der Waals surface area (Å²) in [4.78, 5) is 14.1. The van der Waals surface area contributed by atoms with Gasteiger partial charge in [-0.15, -0.1) is 11.3 Å². The van der Waals surface area contributed by atoms with Crippen molar-refractivity contribution < 1.29 is 17.9 Å². The molecule has 1 amide bonds. The standard InChI is InChI=1S/C16H26N2O4S2/c1-16(2,3)22-15(19)18-10-6-5-8-13(18)12-17(4)24(20,21)14-9-7-11-23-14/h7,9,11,13H,5-6,8,10,12H2,1-4H3.